The summed E-state index contributed by atoms with van der Waals surface area (Å²) >= 11 is 2.98. The van der Waals surface area contributed by atoms with E-state index in [0.717, 1.165) is 10.6 Å². The summed E-state index contributed by atoms with van der Waals surface area (Å²) in [6.07, 6.45) is 3.60. The van der Waals surface area contributed by atoms with Crippen molar-refractivity contribution in [2.45, 2.75) is 18.3 Å². The van der Waals surface area contributed by atoms with E-state index >= 15 is 0 Å². The van der Waals surface area contributed by atoms with Crippen molar-refractivity contribution >= 4 is 41.1 Å². The van der Waals surface area contributed by atoms with Crippen molar-refractivity contribution in [2.24, 2.45) is 5.73 Å². The third-order valence-corrected chi connectivity index (χ3v) is 5.68. The SMILES string of the molecule is Cc1ncsc1/C=C\C1=C(C(=O)O)N2C(=O)C(N)[C@H]2SC1. The lowest BCUT2D eigenvalue weighted by molar-refractivity contribution is -0.147. The van der Waals surface area contributed by atoms with Crippen LogP contribution in [0, 0.1) is 6.92 Å². The van der Waals surface area contributed by atoms with E-state index in [0.29, 0.717) is 11.3 Å². The zero-order valence-electron chi connectivity index (χ0n) is 11.1. The Morgan fingerprint density at radius 3 is 2.95 bits per heavy atom. The lowest BCUT2D eigenvalue weighted by atomic mass is 10.0. The quantitative estimate of drug-likeness (QED) is 0.807. The maximum atomic E-state index is 11.8. The smallest absolute Gasteiger partial charge is 0.352 e. The van der Waals surface area contributed by atoms with Crippen molar-refractivity contribution in [2.75, 3.05) is 5.75 Å². The van der Waals surface area contributed by atoms with Crippen molar-refractivity contribution in [1.82, 2.24) is 9.88 Å². The number of carbonyl (C=O) groups excluding carboxylic acids is 1. The Labute approximate surface area is 129 Å². The number of nitrogens with zero attached hydrogens (tertiary/aromatic N) is 2. The van der Waals surface area contributed by atoms with Crippen LogP contribution in [0.15, 0.2) is 22.9 Å². The molecule has 0 radical (unpaired) electrons. The van der Waals surface area contributed by atoms with E-state index in [1.54, 1.807) is 11.6 Å². The highest BCUT2D eigenvalue weighted by molar-refractivity contribution is 8.00. The van der Waals surface area contributed by atoms with E-state index in [4.69, 9.17) is 5.73 Å². The number of aryl methyl sites for hydroxylation is 1. The van der Waals surface area contributed by atoms with E-state index in [1.807, 2.05) is 13.0 Å². The minimum Gasteiger partial charge on any atom is -0.477 e. The molecular formula is C13H13N3O3S2. The van der Waals surface area contributed by atoms with Gasteiger partial charge in [-0.05, 0) is 18.6 Å². The third kappa shape index (κ3) is 2.29. The number of β-lactam (4-membered cyclic amide) rings is 1. The van der Waals surface area contributed by atoms with Gasteiger partial charge >= 0.3 is 5.97 Å². The summed E-state index contributed by atoms with van der Waals surface area (Å²) in [4.78, 5) is 29.7. The number of nitrogens with two attached hydrogens (primary N) is 1. The van der Waals surface area contributed by atoms with Crippen LogP contribution in [0.3, 0.4) is 0 Å². The fourth-order valence-electron chi connectivity index (χ4n) is 2.32. The lowest BCUT2D eigenvalue weighted by Crippen LogP contribution is -2.68. The molecule has 1 aromatic heterocycles. The molecule has 1 unspecified atom stereocenters. The summed E-state index contributed by atoms with van der Waals surface area (Å²) in [6, 6.07) is -0.598. The molecule has 110 valence electrons. The summed E-state index contributed by atoms with van der Waals surface area (Å²) in [5.74, 6) is -0.899. The highest BCUT2D eigenvalue weighted by Crippen LogP contribution is 2.39. The molecule has 3 N–H and O–H groups in total. The number of aromatic nitrogens is 1. The standard InChI is InChI=1S/C13H13N3O3S2/c1-6-8(21-5-15-6)3-2-7-4-20-12-9(14)11(17)16(12)10(7)13(18)19/h2-3,5,9,12H,4,14H2,1H3,(H,18,19)/b3-2-/t9?,12-/m1/s1. The second kappa shape index (κ2) is 5.28. The molecule has 3 rings (SSSR count). The molecule has 1 amide bonds. The Hall–Kier alpha value is -1.64. The van der Waals surface area contributed by atoms with E-state index in [1.165, 1.54) is 28.0 Å². The second-order valence-corrected chi connectivity index (χ2v) is 6.74. The number of aliphatic carboxylic acids is 1. The molecule has 0 bridgehead atoms. The maximum Gasteiger partial charge on any atom is 0.352 e. The average Bonchev–Trinajstić information content (AvgIpc) is 2.88. The van der Waals surface area contributed by atoms with Crippen LogP contribution in [0.25, 0.3) is 6.08 Å². The van der Waals surface area contributed by atoms with Crippen LogP contribution in [0.1, 0.15) is 10.6 Å². The summed E-state index contributed by atoms with van der Waals surface area (Å²) in [6.45, 7) is 1.90. The first-order chi connectivity index (χ1) is 10.0. The predicted octanol–water partition coefficient (Wildman–Crippen LogP) is 1.05. The van der Waals surface area contributed by atoms with Crippen molar-refractivity contribution in [1.29, 1.82) is 0 Å². The summed E-state index contributed by atoms with van der Waals surface area (Å²) in [7, 11) is 0. The van der Waals surface area contributed by atoms with Gasteiger partial charge in [-0.3, -0.25) is 9.69 Å². The van der Waals surface area contributed by atoms with Gasteiger partial charge in [0.1, 0.15) is 17.1 Å². The highest BCUT2D eigenvalue weighted by Gasteiger charge is 2.51. The Morgan fingerprint density at radius 1 is 1.57 bits per heavy atom. The summed E-state index contributed by atoms with van der Waals surface area (Å²) < 4.78 is 0. The van der Waals surface area contributed by atoms with Gasteiger partial charge in [-0.2, -0.15) is 0 Å². The number of fused-ring (bicyclic) bond motifs is 1. The van der Waals surface area contributed by atoms with Gasteiger partial charge in [0.05, 0.1) is 11.2 Å². The number of carboxylic acids is 1. The second-order valence-electron chi connectivity index (χ2n) is 4.75. The van der Waals surface area contributed by atoms with Crippen molar-refractivity contribution in [3.8, 4) is 0 Å². The van der Waals surface area contributed by atoms with E-state index in [-0.39, 0.29) is 17.0 Å². The molecule has 1 aromatic rings. The van der Waals surface area contributed by atoms with Crippen LogP contribution in [0.4, 0.5) is 0 Å². The number of amides is 1. The van der Waals surface area contributed by atoms with E-state index in [9.17, 15) is 14.7 Å². The molecule has 0 aromatic carbocycles. The van der Waals surface area contributed by atoms with Gasteiger partial charge in [0.25, 0.3) is 0 Å². The van der Waals surface area contributed by atoms with Crippen LogP contribution in [0.5, 0.6) is 0 Å². The molecule has 21 heavy (non-hydrogen) atoms. The van der Waals surface area contributed by atoms with Crippen LogP contribution in [-0.2, 0) is 9.59 Å². The van der Waals surface area contributed by atoms with Gasteiger partial charge in [-0.25, -0.2) is 9.78 Å². The normalized spacial score (nSPS) is 25.2. The van der Waals surface area contributed by atoms with Crippen molar-refractivity contribution in [3.05, 3.63) is 33.4 Å². The van der Waals surface area contributed by atoms with Crippen molar-refractivity contribution in [3.63, 3.8) is 0 Å². The number of thiazole rings is 1. The molecule has 0 spiro atoms. The molecule has 2 aliphatic rings. The molecular weight excluding hydrogens is 310 g/mol. The van der Waals surface area contributed by atoms with Crippen molar-refractivity contribution < 1.29 is 14.7 Å². The number of allylic oxidation sites excluding steroid dienone is 1. The van der Waals surface area contributed by atoms with E-state index < -0.39 is 12.0 Å². The van der Waals surface area contributed by atoms with Gasteiger partial charge in [-0.15, -0.1) is 23.1 Å². The summed E-state index contributed by atoms with van der Waals surface area (Å²) in [5.41, 5.74) is 9.01. The first-order valence-corrected chi connectivity index (χ1v) is 8.18. The Kier molecular flexibility index (Phi) is 3.60. The fourth-order valence-corrected chi connectivity index (χ4v) is 4.27. The Balaban J connectivity index is 1.95. The monoisotopic (exact) mass is 323 g/mol. The van der Waals surface area contributed by atoms with Crippen LogP contribution in [-0.4, -0.2) is 44.0 Å². The van der Waals surface area contributed by atoms with Crippen LogP contribution >= 0.6 is 23.1 Å². The highest BCUT2D eigenvalue weighted by atomic mass is 32.2. The summed E-state index contributed by atoms with van der Waals surface area (Å²) in [5, 5.41) is 9.14. The third-order valence-electron chi connectivity index (χ3n) is 3.46. The van der Waals surface area contributed by atoms with E-state index in [2.05, 4.69) is 4.98 Å². The number of hydrogen-bond acceptors (Lipinski definition) is 6. The van der Waals surface area contributed by atoms with Gasteiger partial charge < -0.3 is 10.8 Å². The molecule has 1 fully saturated rings. The first kappa shape index (κ1) is 14.3. The van der Waals surface area contributed by atoms with Gasteiger partial charge in [0, 0.05) is 10.6 Å². The number of rotatable bonds is 3. The Morgan fingerprint density at radius 2 is 2.33 bits per heavy atom. The zero-order chi connectivity index (χ0) is 15.1. The fraction of sp³-hybridized carbons (Fsp3) is 0.308. The molecule has 6 nitrogen and oxygen atoms in total. The molecule has 8 heteroatoms. The van der Waals surface area contributed by atoms with Gasteiger partial charge in [-0.1, -0.05) is 6.08 Å². The first-order valence-electron chi connectivity index (χ1n) is 6.25. The van der Waals surface area contributed by atoms with Gasteiger partial charge in [0.2, 0.25) is 5.91 Å². The zero-order valence-corrected chi connectivity index (χ0v) is 12.8. The van der Waals surface area contributed by atoms with Crippen LogP contribution in [0.2, 0.25) is 0 Å². The largest absolute Gasteiger partial charge is 0.477 e. The average molecular weight is 323 g/mol. The number of carboxylic acid groups (broad SMARTS) is 1. The minimum atomic E-state index is -1.10. The molecule has 0 aliphatic carbocycles. The minimum absolute atomic E-state index is 0.0452. The molecule has 0 saturated carbocycles. The molecule has 3 heterocycles. The van der Waals surface area contributed by atoms with Crippen LogP contribution < -0.4 is 5.73 Å². The number of thioether (sulfide) groups is 1. The maximum absolute atomic E-state index is 11.8. The van der Waals surface area contributed by atoms with Gasteiger partial charge in [0.15, 0.2) is 0 Å². The lowest BCUT2D eigenvalue weighted by Gasteiger charge is -2.47. The number of carbonyl (C=O) groups is 2. The molecule has 1 saturated heterocycles. The molecule has 2 aliphatic heterocycles. The topological polar surface area (TPSA) is 96.5 Å². The molecule has 2 atom stereocenters. The number of hydrogen-bond donors (Lipinski definition) is 2. The Bertz CT molecular complexity index is 680. The predicted molar refractivity (Wildman–Crippen MR) is 81.6 cm³/mol.